The molecule has 0 bridgehead atoms. The molecule has 0 saturated heterocycles. The molecule has 0 heterocycles. The number of carbonyl (C=O) groups excluding carboxylic acids is 1. The third-order valence-corrected chi connectivity index (χ3v) is 4.80. The molecule has 0 aromatic heterocycles. The molecule has 0 saturated carbocycles. The number of anilines is 1. The molecule has 1 amide bonds. The van der Waals surface area contributed by atoms with E-state index in [4.69, 9.17) is 4.74 Å². The minimum absolute atomic E-state index is 0.0359. The fourth-order valence-corrected chi connectivity index (χ4v) is 3.16. The predicted octanol–water partition coefficient (Wildman–Crippen LogP) is 1.23. The summed E-state index contributed by atoms with van der Waals surface area (Å²) >= 11 is 0. The number of phenols is 1. The van der Waals surface area contributed by atoms with E-state index in [0.29, 0.717) is 4.31 Å². The second-order valence-electron chi connectivity index (χ2n) is 5.74. The van der Waals surface area contributed by atoms with Crippen LogP contribution < -0.4 is 14.5 Å². The zero-order valence-corrected chi connectivity index (χ0v) is 16.3. The van der Waals surface area contributed by atoms with Crippen LogP contribution in [0.15, 0.2) is 47.6 Å². The fourth-order valence-electron chi connectivity index (χ4n) is 2.31. The Hall–Kier alpha value is -3.67. The molecule has 2 aromatic carbocycles. The van der Waals surface area contributed by atoms with Gasteiger partial charge >= 0.3 is 0 Å². The van der Waals surface area contributed by atoms with Gasteiger partial charge in [-0.1, -0.05) is 12.1 Å². The van der Waals surface area contributed by atoms with E-state index in [1.54, 1.807) is 6.07 Å². The molecular formula is C17H18N4O7S. The van der Waals surface area contributed by atoms with Crippen molar-refractivity contribution in [2.75, 3.05) is 24.2 Å². The van der Waals surface area contributed by atoms with E-state index in [9.17, 15) is 28.4 Å². The third kappa shape index (κ3) is 5.65. The highest BCUT2D eigenvalue weighted by Crippen LogP contribution is 2.28. The largest absolute Gasteiger partial charge is 0.504 e. The number of nitro groups is 1. The van der Waals surface area contributed by atoms with E-state index in [2.05, 4.69) is 10.5 Å². The van der Waals surface area contributed by atoms with Crippen LogP contribution in [0.5, 0.6) is 11.5 Å². The molecule has 0 fully saturated rings. The highest BCUT2D eigenvalue weighted by molar-refractivity contribution is 7.92. The number of nitro benzene ring substituents is 1. The van der Waals surface area contributed by atoms with Crippen LogP contribution in [0.3, 0.4) is 0 Å². The van der Waals surface area contributed by atoms with Gasteiger partial charge in [-0.25, -0.2) is 13.8 Å². The van der Waals surface area contributed by atoms with Gasteiger partial charge in [-0.05, 0) is 18.2 Å². The Morgan fingerprint density at radius 2 is 2.03 bits per heavy atom. The van der Waals surface area contributed by atoms with Crippen LogP contribution in [-0.4, -0.2) is 50.5 Å². The molecule has 29 heavy (non-hydrogen) atoms. The molecule has 2 N–H and O–H groups in total. The number of aromatic hydroxyl groups is 1. The summed E-state index contributed by atoms with van der Waals surface area (Å²) in [4.78, 5) is 22.4. The number of amides is 1. The molecule has 0 aliphatic rings. The van der Waals surface area contributed by atoms with Crippen LogP contribution in [0.1, 0.15) is 5.56 Å². The summed E-state index contributed by atoms with van der Waals surface area (Å²) in [6.07, 6.45) is 2.03. The van der Waals surface area contributed by atoms with Gasteiger partial charge < -0.3 is 9.84 Å². The van der Waals surface area contributed by atoms with Crippen molar-refractivity contribution >= 4 is 33.5 Å². The van der Waals surface area contributed by atoms with E-state index >= 15 is 0 Å². The van der Waals surface area contributed by atoms with Gasteiger partial charge in [0.05, 0.1) is 30.2 Å². The molecule has 11 nitrogen and oxygen atoms in total. The zero-order chi connectivity index (χ0) is 21.6. The SMILES string of the molecule is COc1cccc(/C=N\NC(=O)CN(c2cccc([N+](=O)[O-])c2)S(C)(=O)=O)c1O. The molecule has 154 valence electrons. The molecule has 2 rings (SSSR count). The first-order chi connectivity index (χ1) is 13.6. The number of carbonyl (C=O) groups is 1. The zero-order valence-electron chi connectivity index (χ0n) is 15.5. The van der Waals surface area contributed by atoms with E-state index in [-0.39, 0.29) is 28.4 Å². The number of hydrazone groups is 1. The van der Waals surface area contributed by atoms with Crippen LogP contribution in [0, 0.1) is 10.1 Å². The molecule has 0 spiro atoms. The number of sulfonamides is 1. The van der Waals surface area contributed by atoms with Crippen molar-refractivity contribution in [1.82, 2.24) is 5.43 Å². The number of nitrogens with zero attached hydrogens (tertiary/aromatic N) is 3. The number of methoxy groups -OCH3 is 1. The van der Waals surface area contributed by atoms with Crippen molar-refractivity contribution in [2.45, 2.75) is 0 Å². The summed E-state index contributed by atoms with van der Waals surface area (Å²) in [5.74, 6) is -0.753. The van der Waals surface area contributed by atoms with Gasteiger partial charge in [0.1, 0.15) is 6.54 Å². The molecule has 0 atom stereocenters. The van der Waals surface area contributed by atoms with Crippen LogP contribution in [-0.2, 0) is 14.8 Å². The molecular weight excluding hydrogens is 404 g/mol. The van der Waals surface area contributed by atoms with Crippen LogP contribution in [0.4, 0.5) is 11.4 Å². The maximum absolute atomic E-state index is 12.1. The smallest absolute Gasteiger partial charge is 0.271 e. The van der Waals surface area contributed by atoms with Crippen LogP contribution in [0.2, 0.25) is 0 Å². The van der Waals surface area contributed by atoms with Gasteiger partial charge in [0.2, 0.25) is 10.0 Å². The highest BCUT2D eigenvalue weighted by atomic mass is 32.2. The van der Waals surface area contributed by atoms with Crippen molar-refractivity contribution in [3.05, 3.63) is 58.1 Å². The Morgan fingerprint density at radius 3 is 2.66 bits per heavy atom. The van der Waals surface area contributed by atoms with Crippen molar-refractivity contribution in [3.8, 4) is 11.5 Å². The van der Waals surface area contributed by atoms with Crippen molar-refractivity contribution in [1.29, 1.82) is 0 Å². The number of phenolic OH excluding ortho intramolecular Hbond substituents is 1. The van der Waals surface area contributed by atoms with Gasteiger partial charge in [-0.3, -0.25) is 19.2 Å². The lowest BCUT2D eigenvalue weighted by Crippen LogP contribution is -2.39. The fraction of sp³-hybridized carbons (Fsp3) is 0.176. The van der Waals surface area contributed by atoms with Crippen molar-refractivity contribution in [3.63, 3.8) is 0 Å². The second-order valence-corrected chi connectivity index (χ2v) is 7.64. The summed E-state index contributed by atoms with van der Waals surface area (Å²) in [5.41, 5.74) is 2.06. The number of benzene rings is 2. The quantitative estimate of drug-likeness (QED) is 0.369. The minimum Gasteiger partial charge on any atom is -0.504 e. The number of hydrogen-bond acceptors (Lipinski definition) is 8. The first-order valence-corrected chi connectivity index (χ1v) is 9.88. The van der Waals surface area contributed by atoms with Gasteiger partial charge in [0.25, 0.3) is 11.6 Å². The summed E-state index contributed by atoms with van der Waals surface area (Å²) in [6.45, 7) is -0.651. The lowest BCUT2D eigenvalue weighted by Gasteiger charge is -2.21. The van der Waals surface area contributed by atoms with E-state index in [0.717, 1.165) is 18.5 Å². The average Bonchev–Trinajstić information content (AvgIpc) is 2.66. The highest BCUT2D eigenvalue weighted by Gasteiger charge is 2.22. The number of hydrogen-bond donors (Lipinski definition) is 2. The Balaban J connectivity index is 2.16. The van der Waals surface area contributed by atoms with E-state index in [1.165, 1.54) is 37.4 Å². The Labute approximate surface area is 166 Å². The average molecular weight is 422 g/mol. The Morgan fingerprint density at radius 1 is 1.34 bits per heavy atom. The second kappa shape index (κ2) is 9.01. The number of non-ortho nitro benzene ring substituents is 1. The monoisotopic (exact) mass is 422 g/mol. The normalized spacial score (nSPS) is 11.2. The third-order valence-electron chi connectivity index (χ3n) is 3.66. The summed E-state index contributed by atoms with van der Waals surface area (Å²) in [7, 11) is -2.53. The number of para-hydroxylation sites is 1. The molecule has 0 radical (unpaired) electrons. The van der Waals surface area contributed by atoms with Crippen LogP contribution in [0.25, 0.3) is 0 Å². The van der Waals surface area contributed by atoms with E-state index in [1.807, 2.05) is 0 Å². The van der Waals surface area contributed by atoms with Gasteiger partial charge in [0, 0.05) is 17.7 Å². The van der Waals surface area contributed by atoms with Gasteiger partial charge in [-0.2, -0.15) is 5.10 Å². The summed E-state index contributed by atoms with van der Waals surface area (Å²) in [5, 5.41) is 24.5. The lowest BCUT2D eigenvalue weighted by molar-refractivity contribution is -0.384. The van der Waals surface area contributed by atoms with Crippen molar-refractivity contribution in [2.24, 2.45) is 5.10 Å². The predicted molar refractivity (Wildman–Crippen MR) is 106 cm³/mol. The first kappa shape index (κ1) is 21.6. The molecule has 12 heteroatoms. The molecule has 0 aliphatic carbocycles. The maximum atomic E-state index is 12.1. The molecule has 0 aliphatic heterocycles. The summed E-state index contributed by atoms with van der Waals surface area (Å²) < 4.78 is 29.8. The number of rotatable bonds is 8. The molecule has 0 unspecified atom stereocenters. The first-order valence-electron chi connectivity index (χ1n) is 8.03. The summed E-state index contributed by atoms with van der Waals surface area (Å²) in [6, 6.07) is 9.57. The molecule has 2 aromatic rings. The topological polar surface area (TPSA) is 151 Å². The van der Waals surface area contributed by atoms with Gasteiger partial charge in [-0.15, -0.1) is 0 Å². The van der Waals surface area contributed by atoms with Crippen molar-refractivity contribution < 1.29 is 28.0 Å². The lowest BCUT2D eigenvalue weighted by atomic mass is 10.2. The standard InChI is InChI=1S/C17H18N4O7S/c1-28-15-8-3-5-12(17(15)23)10-18-19-16(22)11-20(29(2,26)27)13-6-4-7-14(9-13)21(24)25/h3-10,23H,11H2,1-2H3,(H,19,22)/b18-10-. The maximum Gasteiger partial charge on any atom is 0.271 e. The number of nitrogens with one attached hydrogen (secondary N) is 1. The Kier molecular flexibility index (Phi) is 6.72. The minimum atomic E-state index is -3.91. The van der Waals surface area contributed by atoms with Gasteiger partial charge in [0.15, 0.2) is 11.5 Å². The van der Waals surface area contributed by atoms with Crippen LogP contribution >= 0.6 is 0 Å². The van der Waals surface area contributed by atoms with E-state index < -0.39 is 27.4 Å². The Bertz CT molecular complexity index is 1050. The number of ether oxygens (including phenoxy) is 1.